The third kappa shape index (κ3) is 5.32. The molecule has 1 amide bonds. The molecule has 5 rings (SSSR count). The second-order valence-electron chi connectivity index (χ2n) is 9.16. The van der Waals surface area contributed by atoms with Gasteiger partial charge >= 0.3 is 0 Å². The lowest BCUT2D eigenvalue weighted by Crippen LogP contribution is -2.49. The molecule has 2 aromatic carbocycles. The van der Waals surface area contributed by atoms with E-state index in [9.17, 15) is 4.79 Å². The second kappa shape index (κ2) is 10.5. The Morgan fingerprint density at radius 1 is 0.943 bits per heavy atom. The van der Waals surface area contributed by atoms with Crippen LogP contribution in [0.1, 0.15) is 19.7 Å². The summed E-state index contributed by atoms with van der Waals surface area (Å²) >= 11 is 1.59. The van der Waals surface area contributed by atoms with Crippen LogP contribution in [0, 0.1) is 5.92 Å². The molecule has 3 heterocycles. The van der Waals surface area contributed by atoms with E-state index in [1.54, 1.807) is 11.8 Å². The van der Waals surface area contributed by atoms with E-state index in [1.165, 1.54) is 0 Å². The molecule has 0 spiro atoms. The summed E-state index contributed by atoms with van der Waals surface area (Å²) in [5.74, 6) is 2.84. The van der Waals surface area contributed by atoms with Gasteiger partial charge in [-0.25, -0.2) is 14.6 Å². The summed E-state index contributed by atoms with van der Waals surface area (Å²) in [6.45, 7) is 7.22. The monoisotopic (exact) mass is 486 g/mol. The molecule has 0 bridgehead atoms. The van der Waals surface area contributed by atoms with Gasteiger partial charge in [0, 0.05) is 37.5 Å². The van der Waals surface area contributed by atoms with Crippen LogP contribution in [0.25, 0.3) is 16.7 Å². The van der Waals surface area contributed by atoms with Crippen LogP contribution in [0.15, 0.2) is 71.8 Å². The van der Waals surface area contributed by atoms with E-state index in [1.807, 2.05) is 76.4 Å². The molecule has 0 unspecified atom stereocenters. The van der Waals surface area contributed by atoms with Crippen LogP contribution in [-0.2, 0) is 11.2 Å². The number of piperazine rings is 1. The maximum Gasteiger partial charge on any atom is 0.233 e. The molecule has 8 heteroatoms. The average Bonchev–Trinajstić information content (AvgIpc) is 3.31. The number of benzene rings is 2. The maximum absolute atomic E-state index is 12.8. The van der Waals surface area contributed by atoms with E-state index in [0.717, 1.165) is 52.8 Å². The molecule has 0 radical (unpaired) electrons. The van der Waals surface area contributed by atoms with E-state index in [-0.39, 0.29) is 5.91 Å². The van der Waals surface area contributed by atoms with Crippen molar-refractivity contribution in [3.8, 4) is 5.69 Å². The van der Waals surface area contributed by atoms with E-state index in [2.05, 4.69) is 23.8 Å². The van der Waals surface area contributed by atoms with Crippen LogP contribution in [0.3, 0.4) is 0 Å². The van der Waals surface area contributed by atoms with Crippen molar-refractivity contribution < 1.29 is 4.79 Å². The van der Waals surface area contributed by atoms with Gasteiger partial charge in [0.15, 0.2) is 5.65 Å². The Labute approximate surface area is 210 Å². The number of rotatable bonds is 7. The lowest BCUT2D eigenvalue weighted by atomic mass is 10.1. The van der Waals surface area contributed by atoms with Crippen LogP contribution in [0.2, 0.25) is 0 Å². The van der Waals surface area contributed by atoms with Crippen molar-refractivity contribution in [1.82, 2.24) is 24.6 Å². The summed E-state index contributed by atoms with van der Waals surface area (Å²) in [6, 6.07) is 20.2. The van der Waals surface area contributed by atoms with Crippen molar-refractivity contribution in [2.24, 2.45) is 5.92 Å². The maximum atomic E-state index is 12.8. The number of amides is 1. The minimum absolute atomic E-state index is 0.184. The third-order valence-electron chi connectivity index (χ3n) is 6.08. The third-order valence-corrected chi connectivity index (χ3v) is 7.08. The van der Waals surface area contributed by atoms with Gasteiger partial charge in [0.1, 0.15) is 11.6 Å². The molecule has 7 nitrogen and oxygen atoms in total. The predicted octanol–water partition coefficient (Wildman–Crippen LogP) is 4.45. The van der Waals surface area contributed by atoms with E-state index in [0.29, 0.717) is 24.8 Å². The molecule has 0 N–H and O–H groups in total. The van der Waals surface area contributed by atoms with Crippen molar-refractivity contribution in [3.05, 3.63) is 72.7 Å². The summed E-state index contributed by atoms with van der Waals surface area (Å²) in [5, 5.41) is 5.60. The average molecular weight is 487 g/mol. The van der Waals surface area contributed by atoms with Crippen LogP contribution >= 0.6 is 11.8 Å². The Morgan fingerprint density at radius 2 is 1.63 bits per heavy atom. The Morgan fingerprint density at radius 3 is 2.31 bits per heavy atom. The number of hydrogen-bond donors (Lipinski definition) is 0. The Kier molecular flexibility index (Phi) is 6.99. The van der Waals surface area contributed by atoms with Crippen LogP contribution < -0.4 is 4.90 Å². The number of thioether (sulfide) groups is 1. The zero-order chi connectivity index (χ0) is 24.2. The molecule has 2 aromatic heterocycles. The fraction of sp³-hybridized carbons (Fsp3) is 0.333. The molecule has 1 aliphatic heterocycles. The zero-order valence-electron chi connectivity index (χ0n) is 20.2. The topological polar surface area (TPSA) is 67.2 Å². The number of fused-ring (bicyclic) bond motifs is 1. The first-order valence-electron chi connectivity index (χ1n) is 12.1. The molecule has 1 aliphatic rings. The largest absolute Gasteiger partial charge is 0.352 e. The van der Waals surface area contributed by atoms with Crippen molar-refractivity contribution in [2.45, 2.75) is 25.2 Å². The fourth-order valence-electron chi connectivity index (χ4n) is 4.31. The van der Waals surface area contributed by atoms with Gasteiger partial charge in [-0.2, -0.15) is 5.10 Å². The van der Waals surface area contributed by atoms with E-state index >= 15 is 0 Å². The van der Waals surface area contributed by atoms with Gasteiger partial charge in [0.05, 0.1) is 23.0 Å². The van der Waals surface area contributed by atoms with Gasteiger partial charge in [-0.1, -0.05) is 50.2 Å². The summed E-state index contributed by atoms with van der Waals surface area (Å²) in [4.78, 5) is 28.0. The molecular weight excluding hydrogens is 456 g/mol. The first-order valence-corrected chi connectivity index (χ1v) is 13.1. The normalized spacial score (nSPS) is 14.1. The van der Waals surface area contributed by atoms with Crippen LogP contribution in [0.4, 0.5) is 5.82 Å². The first kappa shape index (κ1) is 23.4. The summed E-state index contributed by atoms with van der Waals surface area (Å²) in [5.41, 5.74) is 1.81. The van der Waals surface area contributed by atoms with Gasteiger partial charge in [-0.05, 0) is 30.2 Å². The summed E-state index contributed by atoms with van der Waals surface area (Å²) in [6.07, 6.45) is 2.67. The van der Waals surface area contributed by atoms with Gasteiger partial charge in [-0.15, -0.1) is 11.8 Å². The fourth-order valence-corrected chi connectivity index (χ4v) is 5.14. The summed E-state index contributed by atoms with van der Waals surface area (Å²) in [7, 11) is 0. The van der Waals surface area contributed by atoms with Crippen LogP contribution in [-0.4, -0.2) is 62.5 Å². The summed E-state index contributed by atoms with van der Waals surface area (Å²) < 4.78 is 1.89. The standard InChI is InChI=1S/C27H30N6OS/c1-20(2)17-24-29-26(23-18-28-33(27(23)30-24)21-9-5-3-6-10-21)32-15-13-31(14-16-32)25(34)19-35-22-11-7-4-8-12-22/h3-12,18,20H,13-17,19H2,1-2H3. The molecule has 1 fully saturated rings. The molecule has 0 atom stereocenters. The molecule has 0 saturated carbocycles. The number of aromatic nitrogens is 4. The number of hydrogen-bond acceptors (Lipinski definition) is 6. The van der Waals surface area contributed by atoms with Gasteiger partial charge in [-0.3, -0.25) is 4.79 Å². The quantitative estimate of drug-likeness (QED) is 0.360. The smallest absolute Gasteiger partial charge is 0.233 e. The minimum atomic E-state index is 0.184. The number of nitrogens with zero attached hydrogens (tertiary/aromatic N) is 6. The first-order chi connectivity index (χ1) is 17.1. The molecule has 1 saturated heterocycles. The van der Waals surface area contributed by atoms with Gasteiger partial charge in [0.2, 0.25) is 5.91 Å². The van der Waals surface area contributed by atoms with Crippen molar-refractivity contribution >= 4 is 34.5 Å². The Hall–Kier alpha value is -3.39. The van der Waals surface area contributed by atoms with Crippen LogP contribution in [0.5, 0.6) is 0 Å². The highest BCUT2D eigenvalue weighted by molar-refractivity contribution is 8.00. The molecule has 35 heavy (non-hydrogen) atoms. The highest BCUT2D eigenvalue weighted by Gasteiger charge is 2.25. The highest BCUT2D eigenvalue weighted by Crippen LogP contribution is 2.27. The molecular formula is C27H30N6OS. The minimum Gasteiger partial charge on any atom is -0.352 e. The zero-order valence-corrected chi connectivity index (χ0v) is 21.0. The number of carbonyl (C=O) groups excluding carboxylic acids is 1. The number of carbonyl (C=O) groups is 1. The number of para-hydroxylation sites is 1. The SMILES string of the molecule is CC(C)Cc1nc(N2CCN(C(=O)CSc3ccccc3)CC2)c2cnn(-c3ccccc3)c2n1. The van der Waals surface area contributed by atoms with Gasteiger partial charge in [0.25, 0.3) is 0 Å². The highest BCUT2D eigenvalue weighted by atomic mass is 32.2. The van der Waals surface area contributed by atoms with Gasteiger partial charge < -0.3 is 9.80 Å². The number of anilines is 1. The van der Waals surface area contributed by atoms with Crippen molar-refractivity contribution in [2.75, 3.05) is 36.8 Å². The Balaban J connectivity index is 1.35. The molecule has 0 aliphatic carbocycles. The lowest BCUT2D eigenvalue weighted by Gasteiger charge is -2.35. The molecule has 4 aromatic rings. The van der Waals surface area contributed by atoms with Crippen molar-refractivity contribution in [3.63, 3.8) is 0 Å². The Bertz CT molecular complexity index is 1280. The van der Waals surface area contributed by atoms with E-state index in [4.69, 9.17) is 9.97 Å². The van der Waals surface area contributed by atoms with Crippen molar-refractivity contribution in [1.29, 1.82) is 0 Å². The predicted molar refractivity (Wildman–Crippen MR) is 141 cm³/mol. The lowest BCUT2D eigenvalue weighted by molar-refractivity contribution is -0.128. The van der Waals surface area contributed by atoms with E-state index < -0.39 is 0 Å². The molecule has 180 valence electrons. The second-order valence-corrected chi connectivity index (χ2v) is 10.2.